The number of hydrogen-bond acceptors (Lipinski definition) is 1. The van der Waals surface area contributed by atoms with E-state index < -0.39 is 0 Å². The summed E-state index contributed by atoms with van der Waals surface area (Å²) in [5.41, 5.74) is 1.70. The first-order valence-electron chi connectivity index (χ1n) is 6.42. The summed E-state index contributed by atoms with van der Waals surface area (Å²) in [7, 11) is 0. The molecule has 0 N–H and O–H groups in total. The number of benzene rings is 1. The van der Waals surface area contributed by atoms with Crippen molar-refractivity contribution >= 4 is 11.6 Å². The van der Waals surface area contributed by atoms with E-state index in [-0.39, 0.29) is 0 Å². The lowest BCUT2D eigenvalue weighted by molar-refractivity contribution is 0.0835. The third-order valence-electron chi connectivity index (χ3n) is 3.54. The van der Waals surface area contributed by atoms with Crippen molar-refractivity contribution in [2.75, 3.05) is 12.5 Å². The lowest BCUT2D eigenvalue weighted by Gasteiger charge is -2.17. The van der Waals surface area contributed by atoms with Gasteiger partial charge in [-0.25, -0.2) is 0 Å². The van der Waals surface area contributed by atoms with E-state index in [4.69, 9.17) is 16.3 Å². The van der Waals surface area contributed by atoms with Gasteiger partial charge in [-0.2, -0.15) is 0 Å². The summed E-state index contributed by atoms with van der Waals surface area (Å²) in [6, 6.07) is 10.3. The average molecular weight is 253 g/mol. The predicted molar refractivity (Wildman–Crippen MR) is 72.3 cm³/mol. The van der Waals surface area contributed by atoms with E-state index in [2.05, 4.69) is 31.2 Å². The molecular formula is C15H21ClO. The van der Waals surface area contributed by atoms with Crippen molar-refractivity contribution in [3.8, 4) is 0 Å². The molecule has 1 aliphatic rings. The van der Waals surface area contributed by atoms with E-state index in [1.807, 2.05) is 6.07 Å². The van der Waals surface area contributed by atoms with Crippen LogP contribution >= 0.6 is 11.6 Å². The highest BCUT2D eigenvalue weighted by Gasteiger charge is 2.42. The van der Waals surface area contributed by atoms with Crippen LogP contribution < -0.4 is 0 Å². The Bertz CT molecular complexity index is 332. The molecule has 0 spiro atoms. The zero-order chi connectivity index (χ0) is 12.1. The van der Waals surface area contributed by atoms with Gasteiger partial charge in [-0.3, -0.25) is 0 Å². The fourth-order valence-corrected chi connectivity index (χ4v) is 2.70. The van der Waals surface area contributed by atoms with E-state index >= 15 is 0 Å². The Hall–Kier alpha value is -0.530. The highest BCUT2D eigenvalue weighted by molar-refractivity contribution is 6.18. The summed E-state index contributed by atoms with van der Waals surface area (Å²) in [5.74, 6) is 1.43. The maximum atomic E-state index is 5.99. The molecule has 1 aromatic carbocycles. The molecule has 1 fully saturated rings. The number of rotatable bonds is 7. The van der Waals surface area contributed by atoms with Crippen molar-refractivity contribution in [3.05, 3.63) is 35.9 Å². The van der Waals surface area contributed by atoms with Gasteiger partial charge in [0.05, 0.1) is 6.61 Å². The van der Waals surface area contributed by atoms with E-state index in [0.717, 1.165) is 19.1 Å². The average Bonchev–Trinajstić information content (AvgIpc) is 3.11. The fourth-order valence-electron chi connectivity index (χ4n) is 2.32. The molecule has 1 aromatic rings. The van der Waals surface area contributed by atoms with Crippen LogP contribution in [0.2, 0.25) is 0 Å². The van der Waals surface area contributed by atoms with Gasteiger partial charge in [-0.05, 0) is 36.2 Å². The molecule has 2 rings (SSSR count). The van der Waals surface area contributed by atoms with Crippen LogP contribution in [0.25, 0.3) is 0 Å². The monoisotopic (exact) mass is 252 g/mol. The SMILES string of the molecule is CC(COCc1ccccc1)CC1(CCl)CC1. The first kappa shape index (κ1) is 12.9. The minimum atomic E-state index is 0.455. The molecule has 1 aliphatic carbocycles. The van der Waals surface area contributed by atoms with Gasteiger partial charge in [0.25, 0.3) is 0 Å². The molecule has 0 aliphatic heterocycles. The lowest BCUT2D eigenvalue weighted by atomic mass is 9.95. The van der Waals surface area contributed by atoms with Crippen LogP contribution in [-0.4, -0.2) is 12.5 Å². The quantitative estimate of drug-likeness (QED) is 0.660. The fraction of sp³-hybridized carbons (Fsp3) is 0.600. The largest absolute Gasteiger partial charge is 0.376 e. The molecule has 0 aromatic heterocycles. The molecule has 1 atom stereocenters. The van der Waals surface area contributed by atoms with Crippen LogP contribution in [-0.2, 0) is 11.3 Å². The van der Waals surface area contributed by atoms with E-state index in [0.29, 0.717) is 11.3 Å². The number of alkyl halides is 1. The van der Waals surface area contributed by atoms with E-state index in [1.54, 1.807) is 0 Å². The van der Waals surface area contributed by atoms with Crippen molar-refractivity contribution in [2.45, 2.75) is 32.8 Å². The number of halogens is 1. The number of ether oxygens (including phenoxy) is 1. The zero-order valence-corrected chi connectivity index (χ0v) is 11.2. The molecule has 0 bridgehead atoms. The van der Waals surface area contributed by atoms with Gasteiger partial charge in [0, 0.05) is 12.5 Å². The van der Waals surface area contributed by atoms with Crippen LogP contribution in [0.5, 0.6) is 0 Å². The molecule has 2 heteroatoms. The van der Waals surface area contributed by atoms with Gasteiger partial charge in [0.2, 0.25) is 0 Å². The second kappa shape index (κ2) is 5.88. The van der Waals surface area contributed by atoms with Crippen molar-refractivity contribution < 1.29 is 4.74 Å². The van der Waals surface area contributed by atoms with E-state index in [1.165, 1.54) is 24.8 Å². The second-order valence-corrected chi connectivity index (χ2v) is 5.71. The van der Waals surface area contributed by atoms with E-state index in [9.17, 15) is 0 Å². The minimum absolute atomic E-state index is 0.455. The molecular weight excluding hydrogens is 232 g/mol. The van der Waals surface area contributed by atoms with Gasteiger partial charge in [-0.1, -0.05) is 37.3 Å². The molecule has 0 saturated heterocycles. The summed E-state index contributed by atoms with van der Waals surface area (Å²) < 4.78 is 5.76. The van der Waals surface area contributed by atoms with Crippen molar-refractivity contribution in [1.82, 2.24) is 0 Å². The van der Waals surface area contributed by atoms with Gasteiger partial charge in [0.15, 0.2) is 0 Å². The molecule has 94 valence electrons. The Morgan fingerprint density at radius 2 is 2.00 bits per heavy atom. The molecule has 0 amide bonds. The molecule has 1 unspecified atom stereocenters. The maximum absolute atomic E-state index is 5.99. The summed E-state index contributed by atoms with van der Waals surface area (Å²) in [5, 5.41) is 0. The predicted octanol–water partition coefficient (Wildman–Crippen LogP) is 4.25. The van der Waals surface area contributed by atoms with Crippen LogP contribution in [0.4, 0.5) is 0 Å². The normalized spacial score (nSPS) is 18.9. The van der Waals surface area contributed by atoms with Crippen molar-refractivity contribution in [3.63, 3.8) is 0 Å². The summed E-state index contributed by atoms with van der Waals surface area (Å²) in [6.07, 6.45) is 3.82. The Kier molecular flexibility index (Phi) is 4.47. The third kappa shape index (κ3) is 4.01. The Balaban J connectivity index is 1.65. The summed E-state index contributed by atoms with van der Waals surface area (Å²) in [6.45, 7) is 3.82. The molecule has 17 heavy (non-hydrogen) atoms. The highest BCUT2D eigenvalue weighted by Crippen LogP contribution is 2.51. The van der Waals surface area contributed by atoms with Crippen molar-refractivity contribution in [1.29, 1.82) is 0 Å². The molecule has 0 heterocycles. The standard InChI is InChI=1S/C15H21ClO/c1-13(9-15(12-16)7-8-15)10-17-11-14-5-3-2-4-6-14/h2-6,13H,7-12H2,1H3. The van der Waals surface area contributed by atoms with Crippen LogP contribution in [0.15, 0.2) is 30.3 Å². The summed E-state index contributed by atoms with van der Waals surface area (Å²) >= 11 is 5.99. The van der Waals surface area contributed by atoms with Gasteiger partial charge in [0.1, 0.15) is 0 Å². The molecule has 1 saturated carbocycles. The van der Waals surface area contributed by atoms with Crippen LogP contribution in [0.3, 0.4) is 0 Å². The van der Waals surface area contributed by atoms with Crippen LogP contribution in [0, 0.1) is 11.3 Å². The topological polar surface area (TPSA) is 9.23 Å². The molecule has 1 nitrogen and oxygen atoms in total. The van der Waals surface area contributed by atoms with Crippen molar-refractivity contribution in [2.24, 2.45) is 11.3 Å². The molecule has 0 radical (unpaired) electrons. The van der Waals surface area contributed by atoms with Gasteiger partial charge in [-0.15, -0.1) is 11.6 Å². The third-order valence-corrected chi connectivity index (χ3v) is 4.10. The first-order valence-corrected chi connectivity index (χ1v) is 6.95. The Morgan fingerprint density at radius 3 is 2.59 bits per heavy atom. The van der Waals surface area contributed by atoms with Gasteiger partial charge < -0.3 is 4.74 Å². The highest BCUT2D eigenvalue weighted by atomic mass is 35.5. The second-order valence-electron chi connectivity index (χ2n) is 5.44. The Morgan fingerprint density at radius 1 is 1.29 bits per heavy atom. The minimum Gasteiger partial charge on any atom is -0.376 e. The summed E-state index contributed by atoms with van der Waals surface area (Å²) in [4.78, 5) is 0. The Labute approximate surface area is 109 Å². The smallest absolute Gasteiger partial charge is 0.0717 e. The first-order chi connectivity index (χ1) is 8.24. The lowest BCUT2D eigenvalue weighted by Crippen LogP contribution is -2.13. The zero-order valence-electron chi connectivity index (χ0n) is 10.5. The maximum Gasteiger partial charge on any atom is 0.0717 e. The van der Waals surface area contributed by atoms with Gasteiger partial charge >= 0.3 is 0 Å². The van der Waals surface area contributed by atoms with Crippen LogP contribution in [0.1, 0.15) is 31.7 Å². The number of hydrogen-bond donors (Lipinski definition) is 0.